The first-order valence-electron chi connectivity index (χ1n) is 10.2. The fourth-order valence-electron chi connectivity index (χ4n) is 4.41. The van der Waals surface area contributed by atoms with Crippen molar-refractivity contribution in [3.8, 4) is 0 Å². The molecule has 2 amide bonds. The molecule has 2 unspecified atom stereocenters. The monoisotopic (exact) mass is 431 g/mol. The van der Waals surface area contributed by atoms with Gasteiger partial charge in [-0.05, 0) is 73.6 Å². The molecule has 0 saturated carbocycles. The van der Waals surface area contributed by atoms with Crippen molar-refractivity contribution in [2.75, 3.05) is 5.32 Å². The molecule has 2 heterocycles. The molecule has 2 atom stereocenters. The number of fused-ring (bicyclic) bond motifs is 2. The van der Waals surface area contributed by atoms with Gasteiger partial charge in [0.1, 0.15) is 5.82 Å². The van der Waals surface area contributed by atoms with Crippen molar-refractivity contribution in [2.24, 2.45) is 5.92 Å². The lowest BCUT2D eigenvalue weighted by molar-refractivity contribution is -0.117. The average molecular weight is 432 g/mol. The molecule has 5 nitrogen and oxygen atoms in total. The summed E-state index contributed by atoms with van der Waals surface area (Å²) in [6.45, 7) is 0.329. The maximum atomic E-state index is 12.9. The smallest absolute Gasteiger partial charge is 0.251 e. The van der Waals surface area contributed by atoms with Gasteiger partial charge in [0.25, 0.3) is 5.91 Å². The maximum absolute atomic E-state index is 12.9. The molecule has 0 aliphatic carbocycles. The van der Waals surface area contributed by atoms with Crippen LogP contribution in [0.25, 0.3) is 0 Å². The second-order valence-electron chi connectivity index (χ2n) is 8.11. The first-order chi connectivity index (χ1) is 14.0. The Morgan fingerprint density at radius 1 is 0.967 bits per heavy atom. The summed E-state index contributed by atoms with van der Waals surface area (Å²) in [5.74, 6) is -0.0299. The molecular weight excluding hydrogens is 405 g/mol. The lowest BCUT2D eigenvalue weighted by Crippen LogP contribution is -2.39. The summed E-state index contributed by atoms with van der Waals surface area (Å²) in [5.41, 5.74) is 2.04. The zero-order chi connectivity index (χ0) is 20.2. The SMILES string of the molecule is Cl.O=C(CC1CC2CCC(C1)N2)Nc1ccc(C(=O)NCc2ccc(F)cc2)cc1. The van der Waals surface area contributed by atoms with Crippen LogP contribution < -0.4 is 16.0 Å². The van der Waals surface area contributed by atoms with Crippen molar-refractivity contribution in [1.29, 1.82) is 0 Å². The van der Waals surface area contributed by atoms with Crippen molar-refractivity contribution < 1.29 is 14.0 Å². The minimum Gasteiger partial charge on any atom is -0.348 e. The first kappa shape index (κ1) is 22.2. The molecule has 2 fully saturated rings. The van der Waals surface area contributed by atoms with Crippen LogP contribution >= 0.6 is 12.4 Å². The Hall–Kier alpha value is -2.44. The summed E-state index contributed by atoms with van der Waals surface area (Å²) in [6.07, 6.45) is 5.17. The summed E-state index contributed by atoms with van der Waals surface area (Å²) in [4.78, 5) is 24.6. The molecule has 30 heavy (non-hydrogen) atoms. The van der Waals surface area contributed by atoms with Crippen LogP contribution in [0.4, 0.5) is 10.1 Å². The van der Waals surface area contributed by atoms with Gasteiger partial charge in [-0.3, -0.25) is 9.59 Å². The van der Waals surface area contributed by atoms with Crippen molar-refractivity contribution in [3.63, 3.8) is 0 Å². The Bertz CT molecular complexity index is 861. The van der Waals surface area contributed by atoms with Gasteiger partial charge in [0, 0.05) is 36.3 Å². The fourth-order valence-corrected chi connectivity index (χ4v) is 4.41. The quantitative estimate of drug-likeness (QED) is 0.646. The summed E-state index contributed by atoms with van der Waals surface area (Å²) in [7, 11) is 0. The summed E-state index contributed by atoms with van der Waals surface area (Å²) in [6, 6.07) is 14.1. The maximum Gasteiger partial charge on any atom is 0.251 e. The number of rotatable bonds is 6. The molecule has 2 aliphatic rings. The van der Waals surface area contributed by atoms with E-state index in [1.807, 2.05) is 0 Å². The van der Waals surface area contributed by atoms with Gasteiger partial charge >= 0.3 is 0 Å². The molecule has 4 rings (SSSR count). The van der Waals surface area contributed by atoms with Gasteiger partial charge in [0.15, 0.2) is 0 Å². The number of anilines is 1. The highest BCUT2D eigenvalue weighted by atomic mass is 35.5. The van der Waals surface area contributed by atoms with Crippen LogP contribution in [0.1, 0.15) is 48.0 Å². The van der Waals surface area contributed by atoms with Gasteiger partial charge in [-0.15, -0.1) is 12.4 Å². The van der Waals surface area contributed by atoms with Crippen LogP contribution in [0.5, 0.6) is 0 Å². The highest BCUT2D eigenvalue weighted by molar-refractivity contribution is 5.95. The largest absolute Gasteiger partial charge is 0.348 e. The van der Waals surface area contributed by atoms with Crippen LogP contribution in [0.3, 0.4) is 0 Å². The van der Waals surface area contributed by atoms with Gasteiger partial charge in [-0.25, -0.2) is 4.39 Å². The molecule has 7 heteroatoms. The van der Waals surface area contributed by atoms with Crippen LogP contribution in [0.15, 0.2) is 48.5 Å². The lowest BCUT2D eigenvalue weighted by Gasteiger charge is -2.28. The standard InChI is InChI=1S/C23H26FN3O2.ClH/c24-18-5-1-15(2-6-18)14-25-23(29)17-3-7-19(8-4-17)27-22(28)13-16-11-20-9-10-21(12-16)26-20;/h1-8,16,20-21,26H,9-14H2,(H,25,29)(H,27,28);1H. The molecule has 0 radical (unpaired) electrons. The van der Waals surface area contributed by atoms with Crippen molar-refractivity contribution in [3.05, 3.63) is 65.5 Å². The number of carbonyl (C=O) groups is 2. The van der Waals surface area contributed by atoms with E-state index in [0.29, 0.717) is 42.2 Å². The first-order valence-corrected chi connectivity index (χ1v) is 10.2. The molecule has 2 bridgehead atoms. The summed E-state index contributed by atoms with van der Waals surface area (Å²) < 4.78 is 12.9. The normalized spacial score (nSPS) is 22.1. The van der Waals surface area contributed by atoms with Gasteiger partial charge in [-0.2, -0.15) is 0 Å². The third-order valence-electron chi connectivity index (χ3n) is 5.84. The number of piperidine rings is 1. The Morgan fingerprint density at radius 3 is 2.23 bits per heavy atom. The molecule has 2 aliphatic heterocycles. The molecule has 0 spiro atoms. The number of hydrogen-bond acceptors (Lipinski definition) is 3. The van der Waals surface area contributed by atoms with E-state index in [0.717, 1.165) is 18.4 Å². The molecular formula is C23H27ClFN3O2. The number of hydrogen-bond donors (Lipinski definition) is 3. The van der Waals surface area contributed by atoms with Gasteiger partial charge in [0.2, 0.25) is 5.91 Å². The summed E-state index contributed by atoms with van der Waals surface area (Å²) in [5, 5.41) is 9.35. The lowest BCUT2D eigenvalue weighted by atomic mass is 9.89. The van der Waals surface area contributed by atoms with Gasteiger partial charge < -0.3 is 16.0 Å². The Morgan fingerprint density at radius 2 is 1.60 bits per heavy atom. The van der Waals surface area contributed by atoms with E-state index in [1.165, 1.54) is 25.0 Å². The van der Waals surface area contributed by atoms with Crippen molar-refractivity contribution in [1.82, 2.24) is 10.6 Å². The number of carbonyl (C=O) groups excluding carboxylic acids is 2. The third-order valence-corrected chi connectivity index (χ3v) is 5.84. The predicted molar refractivity (Wildman–Crippen MR) is 117 cm³/mol. The molecule has 2 aromatic carbocycles. The molecule has 2 saturated heterocycles. The summed E-state index contributed by atoms with van der Waals surface area (Å²) >= 11 is 0. The van der Waals surface area contributed by atoms with E-state index >= 15 is 0 Å². The second kappa shape index (κ2) is 10.0. The highest BCUT2D eigenvalue weighted by Crippen LogP contribution is 2.32. The zero-order valence-electron chi connectivity index (χ0n) is 16.7. The van der Waals surface area contributed by atoms with Crippen molar-refractivity contribution in [2.45, 2.75) is 50.7 Å². The van der Waals surface area contributed by atoms with Crippen LogP contribution in [-0.2, 0) is 11.3 Å². The van der Waals surface area contributed by atoms with Crippen LogP contribution in [0, 0.1) is 11.7 Å². The second-order valence-corrected chi connectivity index (χ2v) is 8.11. The fraction of sp³-hybridized carbons (Fsp3) is 0.391. The number of nitrogens with one attached hydrogen (secondary N) is 3. The Balaban J connectivity index is 0.00000256. The van der Waals surface area contributed by atoms with Gasteiger partial charge in [-0.1, -0.05) is 12.1 Å². The molecule has 3 N–H and O–H groups in total. The van der Waals surface area contributed by atoms with E-state index in [9.17, 15) is 14.0 Å². The number of benzene rings is 2. The average Bonchev–Trinajstić information content (AvgIpc) is 3.06. The molecule has 160 valence electrons. The zero-order valence-corrected chi connectivity index (χ0v) is 17.5. The van der Waals surface area contributed by atoms with E-state index in [1.54, 1.807) is 36.4 Å². The topological polar surface area (TPSA) is 70.2 Å². The van der Waals surface area contributed by atoms with Gasteiger partial charge in [0.05, 0.1) is 0 Å². The van der Waals surface area contributed by atoms with Crippen LogP contribution in [-0.4, -0.2) is 23.9 Å². The highest BCUT2D eigenvalue weighted by Gasteiger charge is 2.34. The Kier molecular flexibility index (Phi) is 7.45. The predicted octanol–water partition coefficient (Wildman–Crippen LogP) is 4.04. The Labute approximate surface area is 182 Å². The van der Waals surface area contributed by atoms with E-state index in [4.69, 9.17) is 0 Å². The third kappa shape index (κ3) is 5.80. The number of halogens is 2. The minimum absolute atomic E-state index is 0. The number of amides is 2. The van der Waals surface area contributed by atoms with E-state index in [2.05, 4.69) is 16.0 Å². The van der Waals surface area contributed by atoms with Crippen molar-refractivity contribution >= 4 is 29.9 Å². The van der Waals surface area contributed by atoms with Crippen LogP contribution in [0.2, 0.25) is 0 Å². The van der Waals surface area contributed by atoms with E-state index < -0.39 is 0 Å². The minimum atomic E-state index is -0.301. The molecule has 2 aromatic rings. The van der Waals surface area contributed by atoms with E-state index in [-0.39, 0.29) is 30.0 Å². The molecule has 0 aromatic heterocycles.